The molecule has 0 aromatic heterocycles. The number of carboxylic acid groups (broad SMARTS) is 1. The predicted molar refractivity (Wildman–Crippen MR) is 61.9 cm³/mol. The summed E-state index contributed by atoms with van der Waals surface area (Å²) in [5, 5.41) is 11.2. The molecule has 5 nitrogen and oxygen atoms in total. The van der Waals surface area contributed by atoms with Gasteiger partial charge in [0.1, 0.15) is 5.82 Å². The number of hydrogen-bond acceptors (Lipinski definition) is 3. The zero-order chi connectivity index (χ0) is 13.7. The van der Waals surface area contributed by atoms with E-state index in [1.165, 1.54) is 19.2 Å². The van der Waals surface area contributed by atoms with E-state index in [-0.39, 0.29) is 12.2 Å². The largest absolute Gasteiger partial charge is 0.480 e. The smallest absolute Gasteiger partial charge is 0.328 e. The number of carbonyl (C=O) groups is 2. The molecule has 0 aliphatic rings. The van der Waals surface area contributed by atoms with Crippen LogP contribution in [0.5, 0.6) is 0 Å². The Labute approximate surface area is 104 Å². The zero-order valence-corrected chi connectivity index (χ0v) is 10.1. The van der Waals surface area contributed by atoms with E-state index in [4.69, 9.17) is 9.84 Å². The molecule has 0 saturated carbocycles. The van der Waals surface area contributed by atoms with Gasteiger partial charge in [0.25, 0.3) is 5.91 Å². The van der Waals surface area contributed by atoms with Gasteiger partial charge in [-0.2, -0.15) is 0 Å². The Bertz CT molecular complexity index is 461. The number of benzene rings is 1. The lowest BCUT2D eigenvalue weighted by Gasteiger charge is -2.14. The molecule has 1 amide bonds. The molecule has 0 saturated heterocycles. The normalized spacial score (nSPS) is 11.9. The Hall–Kier alpha value is -1.95. The van der Waals surface area contributed by atoms with Crippen molar-refractivity contribution in [2.24, 2.45) is 0 Å². The van der Waals surface area contributed by atoms with Gasteiger partial charge in [0.15, 0.2) is 6.04 Å². The molecule has 0 bridgehead atoms. The molecule has 6 heteroatoms. The third kappa shape index (κ3) is 3.53. The van der Waals surface area contributed by atoms with Crippen molar-refractivity contribution in [2.45, 2.75) is 13.0 Å². The Kier molecular flexibility index (Phi) is 4.79. The van der Waals surface area contributed by atoms with E-state index in [0.29, 0.717) is 5.56 Å². The van der Waals surface area contributed by atoms with Crippen LogP contribution in [0.25, 0.3) is 0 Å². The minimum atomic E-state index is -1.19. The van der Waals surface area contributed by atoms with Gasteiger partial charge >= 0.3 is 5.97 Å². The minimum absolute atomic E-state index is 0.138. The quantitative estimate of drug-likeness (QED) is 0.821. The fraction of sp³-hybridized carbons (Fsp3) is 0.333. The van der Waals surface area contributed by atoms with E-state index in [1.807, 2.05) is 0 Å². The lowest BCUT2D eigenvalue weighted by atomic mass is 10.1. The lowest BCUT2D eigenvalue weighted by Crippen LogP contribution is -2.44. The summed E-state index contributed by atoms with van der Waals surface area (Å²) in [6, 6.07) is 2.53. The van der Waals surface area contributed by atoms with Crippen molar-refractivity contribution in [3.05, 3.63) is 35.1 Å². The van der Waals surface area contributed by atoms with Gasteiger partial charge in [-0.25, -0.2) is 9.18 Å². The maximum Gasteiger partial charge on any atom is 0.328 e. The van der Waals surface area contributed by atoms with Crippen molar-refractivity contribution in [2.75, 3.05) is 13.7 Å². The van der Waals surface area contributed by atoms with Crippen LogP contribution in [0.4, 0.5) is 4.39 Å². The first-order chi connectivity index (χ1) is 8.45. The molecular weight excluding hydrogens is 241 g/mol. The Morgan fingerprint density at radius 2 is 2.17 bits per heavy atom. The molecule has 0 heterocycles. The molecule has 0 aliphatic heterocycles. The van der Waals surface area contributed by atoms with Crippen LogP contribution >= 0.6 is 0 Å². The van der Waals surface area contributed by atoms with Gasteiger partial charge in [0.2, 0.25) is 0 Å². The summed E-state index contributed by atoms with van der Waals surface area (Å²) < 4.78 is 17.6. The lowest BCUT2D eigenvalue weighted by molar-refractivity contribution is -0.140. The standard InChI is InChI=1S/C12H14FNO4/c1-7-5-8(13)3-4-9(7)11(15)14-10(6-18-2)12(16)17/h3-5,10H,6H2,1-2H3,(H,14,15)(H,16,17). The third-order valence-electron chi connectivity index (χ3n) is 2.37. The van der Waals surface area contributed by atoms with Gasteiger partial charge in [-0.15, -0.1) is 0 Å². The van der Waals surface area contributed by atoms with E-state index in [2.05, 4.69) is 5.32 Å². The number of aliphatic carboxylic acids is 1. The third-order valence-corrected chi connectivity index (χ3v) is 2.37. The Balaban J connectivity index is 2.83. The maximum atomic E-state index is 12.9. The molecule has 1 atom stereocenters. The molecule has 1 unspecified atom stereocenters. The summed E-state index contributed by atoms with van der Waals surface area (Å²) in [5.74, 6) is -2.21. The highest BCUT2D eigenvalue weighted by Crippen LogP contribution is 2.10. The highest BCUT2D eigenvalue weighted by Gasteiger charge is 2.21. The monoisotopic (exact) mass is 255 g/mol. The van der Waals surface area contributed by atoms with Gasteiger partial charge in [0, 0.05) is 12.7 Å². The van der Waals surface area contributed by atoms with Crippen LogP contribution in [0, 0.1) is 12.7 Å². The first-order valence-corrected chi connectivity index (χ1v) is 5.24. The number of hydrogen-bond donors (Lipinski definition) is 2. The molecule has 0 aliphatic carbocycles. The van der Waals surface area contributed by atoms with Crippen molar-refractivity contribution >= 4 is 11.9 Å². The number of ether oxygens (including phenoxy) is 1. The van der Waals surface area contributed by atoms with E-state index < -0.39 is 23.7 Å². The molecule has 1 rings (SSSR count). The Morgan fingerprint density at radius 1 is 1.50 bits per heavy atom. The van der Waals surface area contributed by atoms with Crippen LogP contribution in [0.2, 0.25) is 0 Å². The van der Waals surface area contributed by atoms with Crippen molar-refractivity contribution in [1.82, 2.24) is 5.32 Å². The average Bonchev–Trinajstić information content (AvgIpc) is 2.27. The molecule has 18 heavy (non-hydrogen) atoms. The summed E-state index contributed by atoms with van der Waals surface area (Å²) in [6.45, 7) is 1.44. The first-order valence-electron chi connectivity index (χ1n) is 5.24. The zero-order valence-electron chi connectivity index (χ0n) is 10.1. The Morgan fingerprint density at radius 3 is 2.67 bits per heavy atom. The second-order valence-electron chi connectivity index (χ2n) is 3.78. The van der Waals surface area contributed by atoms with E-state index in [1.54, 1.807) is 6.92 Å². The summed E-state index contributed by atoms with van der Waals surface area (Å²) >= 11 is 0. The summed E-state index contributed by atoms with van der Waals surface area (Å²) in [5.41, 5.74) is 0.674. The molecule has 98 valence electrons. The van der Waals surface area contributed by atoms with Gasteiger partial charge < -0.3 is 15.2 Å². The molecule has 1 aromatic carbocycles. The number of methoxy groups -OCH3 is 1. The molecular formula is C12H14FNO4. The van der Waals surface area contributed by atoms with E-state index in [9.17, 15) is 14.0 Å². The van der Waals surface area contributed by atoms with Crippen molar-refractivity contribution < 1.29 is 23.8 Å². The van der Waals surface area contributed by atoms with Gasteiger partial charge in [-0.05, 0) is 30.7 Å². The maximum absolute atomic E-state index is 12.9. The highest BCUT2D eigenvalue weighted by atomic mass is 19.1. The van der Waals surface area contributed by atoms with E-state index >= 15 is 0 Å². The topological polar surface area (TPSA) is 75.6 Å². The number of aryl methyl sites for hydroxylation is 1. The van der Waals surface area contributed by atoms with Crippen LogP contribution in [0.1, 0.15) is 15.9 Å². The highest BCUT2D eigenvalue weighted by molar-refractivity contribution is 5.97. The second kappa shape index (κ2) is 6.11. The van der Waals surface area contributed by atoms with Crippen LogP contribution in [-0.4, -0.2) is 36.7 Å². The van der Waals surface area contributed by atoms with Crippen molar-refractivity contribution in [3.63, 3.8) is 0 Å². The van der Waals surface area contributed by atoms with Gasteiger partial charge in [-0.1, -0.05) is 0 Å². The van der Waals surface area contributed by atoms with Crippen LogP contribution in [-0.2, 0) is 9.53 Å². The van der Waals surface area contributed by atoms with Crippen LogP contribution in [0.15, 0.2) is 18.2 Å². The minimum Gasteiger partial charge on any atom is -0.480 e. The molecule has 1 aromatic rings. The molecule has 0 spiro atoms. The number of halogens is 1. The molecule has 2 N–H and O–H groups in total. The summed E-state index contributed by atoms with van der Waals surface area (Å²) in [7, 11) is 1.34. The van der Waals surface area contributed by atoms with Crippen LogP contribution < -0.4 is 5.32 Å². The number of carbonyl (C=O) groups excluding carboxylic acids is 1. The number of carboxylic acids is 1. The first kappa shape index (κ1) is 14.1. The fourth-order valence-electron chi connectivity index (χ4n) is 1.46. The van der Waals surface area contributed by atoms with E-state index in [0.717, 1.165) is 6.07 Å². The van der Waals surface area contributed by atoms with Gasteiger partial charge in [0.05, 0.1) is 6.61 Å². The van der Waals surface area contributed by atoms with Crippen molar-refractivity contribution in [1.29, 1.82) is 0 Å². The number of amides is 1. The predicted octanol–water partition coefficient (Wildman–Crippen LogP) is 0.964. The number of nitrogens with one attached hydrogen (secondary N) is 1. The summed E-state index contributed by atoms with van der Waals surface area (Å²) in [6.07, 6.45) is 0. The average molecular weight is 255 g/mol. The summed E-state index contributed by atoms with van der Waals surface area (Å²) in [4.78, 5) is 22.7. The molecule has 0 fully saturated rings. The van der Waals surface area contributed by atoms with Gasteiger partial charge in [-0.3, -0.25) is 4.79 Å². The van der Waals surface area contributed by atoms with Crippen molar-refractivity contribution in [3.8, 4) is 0 Å². The SMILES string of the molecule is COCC(NC(=O)c1ccc(F)cc1C)C(=O)O. The van der Waals surface area contributed by atoms with Crippen LogP contribution in [0.3, 0.4) is 0 Å². The number of rotatable bonds is 5. The second-order valence-corrected chi connectivity index (χ2v) is 3.78. The fourth-order valence-corrected chi connectivity index (χ4v) is 1.46. The molecule has 0 radical (unpaired) electrons.